The molecule has 2 amide bonds. The highest BCUT2D eigenvalue weighted by Crippen LogP contribution is 2.29. The maximum absolute atomic E-state index is 13.5. The number of aryl methyl sites for hydroxylation is 1. The summed E-state index contributed by atoms with van der Waals surface area (Å²) >= 11 is 0. The van der Waals surface area contributed by atoms with Crippen molar-refractivity contribution >= 4 is 23.4 Å². The Labute approximate surface area is 151 Å². The highest BCUT2D eigenvalue weighted by molar-refractivity contribution is 6.07. The summed E-state index contributed by atoms with van der Waals surface area (Å²) in [5.74, 6) is -0.620. The summed E-state index contributed by atoms with van der Waals surface area (Å²) in [6, 6.07) is 5.40. The number of amides is 2. The molecule has 138 valence electrons. The molecule has 1 aliphatic heterocycles. The summed E-state index contributed by atoms with van der Waals surface area (Å²) in [4.78, 5) is 26.4. The van der Waals surface area contributed by atoms with Gasteiger partial charge in [-0.25, -0.2) is 4.39 Å². The Morgan fingerprint density at radius 3 is 2.69 bits per heavy atom. The van der Waals surface area contributed by atoms with Crippen LogP contribution in [0.5, 0.6) is 0 Å². The van der Waals surface area contributed by atoms with Crippen LogP contribution in [0.2, 0.25) is 0 Å². The Morgan fingerprint density at radius 1 is 1.35 bits per heavy atom. The molecule has 2 aromatic rings. The van der Waals surface area contributed by atoms with E-state index >= 15 is 0 Å². The molecule has 0 bridgehead atoms. The minimum absolute atomic E-state index is 0.163. The number of hydrogen-bond donors (Lipinski definition) is 1. The van der Waals surface area contributed by atoms with Gasteiger partial charge in [0, 0.05) is 23.6 Å². The number of nitrogens with zero attached hydrogens (tertiary/aromatic N) is 2. The predicted molar refractivity (Wildman–Crippen MR) is 95.5 cm³/mol. The predicted octanol–water partition coefficient (Wildman–Crippen LogP) is 3.55. The van der Waals surface area contributed by atoms with Gasteiger partial charge in [0.1, 0.15) is 11.9 Å². The SMILES string of the molecule is Cc1cc(N2C(=O)CCC2C(=O)Nc2cc(C(C)(C)C)no2)ccc1F. The number of rotatable bonds is 3. The van der Waals surface area contributed by atoms with Crippen molar-refractivity contribution in [3.05, 3.63) is 41.3 Å². The Bertz CT molecular complexity index is 854. The minimum atomic E-state index is -0.671. The topological polar surface area (TPSA) is 75.4 Å². The van der Waals surface area contributed by atoms with Crippen LogP contribution in [-0.4, -0.2) is 23.0 Å². The van der Waals surface area contributed by atoms with Crippen LogP contribution >= 0.6 is 0 Å². The lowest BCUT2D eigenvalue weighted by Gasteiger charge is -2.24. The molecule has 0 radical (unpaired) electrons. The van der Waals surface area contributed by atoms with Crippen LogP contribution in [0, 0.1) is 12.7 Å². The molecule has 0 saturated carbocycles. The Kier molecular flexibility index (Phi) is 4.56. The van der Waals surface area contributed by atoms with Crippen molar-refractivity contribution in [2.24, 2.45) is 0 Å². The number of benzene rings is 1. The molecule has 1 aliphatic rings. The molecule has 1 N–H and O–H groups in total. The highest BCUT2D eigenvalue weighted by Gasteiger charge is 2.37. The summed E-state index contributed by atoms with van der Waals surface area (Å²) in [7, 11) is 0. The molecule has 1 aromatic heterocycles. The van der Waals surface area contributed by atoms with E-state index in [0.717, 1.165) is 5.69 Å². The standard InChI is InChI=1S/C19H22FN3O3/c1-11-9-12(5-6-13(11)20)23-14(7-8-17(23)24)18(25)21-16-10-15(22-26-16)19(2,3)4/h5-6,9-10,14H,7-8H2,1-4H3,(H,21,25). The third kappa shape index (κ3) is 3.47. The molecule has 6 nitrogen and oxygen atoms in total. The lowest BCUT2D eigenvalue weighted by atomic mass is 9.92. The van der Waals surface area contributed by atoms with Crippen molar-refractivity contribution in [2.45, 2.75) is 52.0 Å². The van der Waals surface area contributed by atoms with Crippen LogP contribution in [0.25, 0.3) is 0 Å². The van der Waals surface area contributed by atoms with Crippen LogP contribution in [0.4, 0.5) is 16.0 Å². The lowest BCUT2D eigenvalue weighted by Crippen LogP contribution is -2.41. The van der Waals surface area contributed by atoms with Crippen molar-refractivity contribution in [1.29, 1.82) is 0 Å². The van der Waals surface area contributed by atoms with Crippen LogP contribution < -0.4 is 10.2 Å². The van der Waals surface area contributed by atoms with E-state index in [-0.39, 0.29) is 35.4 Å². The summed E-state index contributed by atoms with van der Waals surface area (Å²) in [5.41, 5.74) is 1.46. The maximum atomic E-state index is 13.5. The Morgan fingerprint density at radius 2 is 2.08 bits per heavy atom. The van der Waals surface area contributed by atoms with Crippen LogP contribution in [0.15, 0.2) is 28.8 Å². The van der Waals surface area contributed by atoms with E-state index in [1.165, 1.54) is 17.0 Å². The van der Waals surface area contributed by atoms with E-state index in [4.69, 9.17) is 4.52 Å². The van der Waals surface area contributed by atoms with Gasteiger partial charge in [-0.3, -0.25) is 19.8 Å². The normalized spacial score (nSPS) is 17.7. The smallest absolute Gasteiger partial charge is 0.249 e. The van der Waals surface area contributed by atoms with Crippen LogP contribution in [0.1, 0.15) is 44.9 Å². The molecule has 3 rings (SSSR count). The molecule has 0 spiro atoms. The molecule has 1 fully saturated rings. The number of hydrogen-bond acceptors (Lipinski definition) is 4. The summed E-state index contributed by atoms with van der Waals surface area (Å²) in [5, 5.41) is 6.66. The van der Waals surface area contributed by atoms with Gasteiger partial charge in [-0.15, -0.1) is 0 Å². The zero-order valence-corrected chi connectivity index (χ0v) is 15.3. The first-order chi connectivity index (χ1) is 12.2. The summed E-state index contributed by atoms with van der Waals surface area (Å²) in [6.07, 6.45) is 0.652. The van der Waals surface area contributed by atoms with Crippen molar-refractivity contribution in [2.75, 3.05) is 10.2 Å². The third-order valence-corrected chi connectivity index (χ3v) is 4.46. The number of nitrogens with one attached hydrogen (secondary N) is 1. The molecule has 2 heterocycles. The van der Waals surface area contributed by atoms with Gasteiger partial charge in [-0.05, 0) is 37.1 Å². The Hall–Kier alpha value is -2.70. The van der Waals surface area contributed by atoms with E-state index < -0.39 is 6.04 Å². The van der Waals surface area contributed by atoms with Crippen molar-refractivity contribution in [3.63, 3.8) is 0 Å². The van der Waals surface area contributed by atoms with E-state index in [2.05, 4.69) is 10.5 Å². The number of anilines is 2. The monoisotopic (exact) mass is 359 g/mol. The molecular weight excluding hydrogens is 337 g/mol. The quantitative estimate of drug-likeness (QED) is 0.909. The van der Waals surface area contributed by atoms with Crippen molar-refractivity contribution < 1.29 is 18.5 Å². The molecule has 26 heavy (non-hydrogen) atoms. The first-order valence-electron chi connectivity index (χ1n) is 8.53. The second-order valence-corrected chi connectivity index (χ2v) is 7.57. The molecule has 0 aliphatic carbocycles. The van der Waals surface area contributed by atoms with Gasteiger partial charge in [-0.1, -0.05) is 25.9 Å². The fourth-order valence-corrected chi connectivity index (χ4v) is 2.93. The van der Waals surface area contributed by atoms with Gasteiger partial charge < -0.3 is 4.52 Å². The molecule has 1 saturated heterocycles. The summed E-state index contributed by atoms with van der Waals surface area (Å²) < 4.78 is 18.7. The second kappa shape index (κ2) is 6.55. The van der Waals surface area contributed by atoms with Crippen molar-refractivity contribution in [3.8, 4) is 0 Å². The van der Waals surface area contributed by atoms with Crippen molar-refractivity contribution in [1.82, 2.24) is 5.16 Å². The number of carbonyl (C=O) groups is 2. The largest absolute Gasteiger partial charge is 0.338 e. The maximum Gasteiger partial charge on any atom is 0.249 e. The Balaban J connectivity index is 1.80. The second-order valence-electron chi connectivity index (χ2n) is 7.57. The van der Waals surface area contributed by atoms with E-state index in [1.807, 2.05) is 20.8 Å². The average Bonchev–Trinajstić information content (AvgIpc) is 3.16. The molecule has 1 unspecified atom stereocenters. The first kappa shape index (κ1) is 18.1. The van der Waals surface area contributed by atoms with Gasteiger partial charge in [0.15, 0.2) is 0 Å². The molecular formula is C19H22FN3O3. The molecule has 1 atom stereocenters. The van der Waals surface area contributed by atoms with Crippen LogP contribution in [-0.2, 0) is 15.0 Å². The first-order valence-corrected chi connectivity index (χ1v) is 8.53. The fourth-order valence-electron chi connectivity index (χ4n) is 2.93. The van der Waals surface area contributed by atoms with Gasteiger partial charge in [0.05, 0.1) is 5.69 Å². The zero-order chi connectivity index (χ0) is 19.1. The number of halogens is 1. The van der Waals surface area contributed by atoms with Gasteiger partial charge >= 0.3 is 0 Å². The van der Waals surface area contributed by atoms with Gasteiger partial charge in [0.25, 0.3) is 0 Å². The zero-order valence-electron chi connectivity index (χ0n) is 15.3. The van der Waals surface area contributed by atoms with E-state index in [0.29, 0.717) is 17.7 Å². The summed E-state index contributed by atoms with van der Waals surface area (Å²) in [6.45, 7) is 7.59. The van der Waals surface area contributed by atoms with E-state index in [9.17, 15) is 14.0 Å². The average molecular weight is 359 g/mol. The molecule has 1 aromatic carbocycles. The van der Waals surface area contributed by atoms with E-state index in [1.54, 1.807) is 19.1 Å². The van der Waals surface area contributed by atoms with Gasteiger partial charge in [0.2, 0.25) is 17.7 Å². The lowest BCUT2D eigenvalue weighted by molar-refractivity contribution is -0.120. The molecule has 7 heteroatoms. The third-order valence-electron chi connectivity index (χ3n) is 4.46. The fraction of sp³-hybridized carbons (Fsp3) is 0.421. The number of aromatic nitrogens is 1. The van der Waals surface area contributed by atoms with Gasteiger partial charge in [-0.2, -0.15) is 0 Å². The van der Waals surface area contributed by atoms with Crippen LogP contribution in [0.3, 0.4) is 0 Å². The minimum Gasteiger partial charge on any atom is -0.338 e. The number of carbonyl (C=O) groups excluding carboxylic acids is 2. The highest BCUT2D eigenvalue weighted by atomic mass is 19.1.